The van der Waals surface area contributed by atoms with Crippen LogP contribution < -0.4 is 5.48 Å². The van der Waals surface area contributed by atoms with Crippen molar-refractivity contribution in [3.63, 3.8) is 0 Å². The van der Waals surface area contributed by atoms with Crippen molar-refractivity contribution in [2.24, 2.45) is 5.41 Å². The summed E-state index contributed by atoms with van der Waals surface area (Å²) in [6.07, 6.45) is 4.79. The molecule has 5 nitrogen and oxygen atoms in total. The number of esters is 1. The molecule has 0 spiro atoms. The fourth-order valence-corrected chi connectivity index (χ4v) is 4.17. The summed E-state index contributed by atoms with van der Waals surface area (Å²) in [6, 6.07) is 4.16. The summed E-state index contributed by atoms with van der Waals surface area (Å²) in [7, 11) is 3.14. The Morgan fingerprint density at radius 2 is 1.95 bits per heavy atom. The van der Waals surface area contributed by atoms with Gasteiger partial charge in [-0.1, -0.05) is 0 Å². The van der Waals surface area contributed by atoms with Crippen LogP contribution in [-0.2, 0) is 19.8 Å². The molecule has 0 atom stereocenters. The smallest absolute Gasteiger partial charge is 0.311 e. The van der Waals surface area contributed by atoms with Crippen molar-refractivity contribution in [3.05, 3.63) is 23.5 Å². The van der Waals surface area contributed by atoms with E-state index in [0.717, 1.165) is 49.2 Å². The van der Waals surface area contributed by atoms with Crippen molar-refractivity contribution in [1.29, 1.82) is 0 Å². The van der Waals surface area contributed by atoms with Crippen LogP contribution in [0, 0.1) is 12.3 Å². The molecule has 2 saturated carbocycles. The average Bonchev–Trinajstić information content (AvgIpc) is 3.07. The molecule has 2 fully saturated rings. The molecular formula is C16H23N2O3+. The second kappa shape index (κ2) is 5.07. The number of hydrogen-bond donors (Lipinski definition) is 1. The lowest BCUT2D eigenvalue weighted by Crippen LogP contribution is -2.76. The molecule has 1 heterocycles. The molecule has 0 saturated heterocycles. The van der Waals surface area contributed by atoms with E-state index in [1.807, 2.05) is 6.92 Å². The third kappa shape index (κ3) is 2.15. The summed E-state index contributed by atoms with van der Waals surface area (Å²) in [4.78, 5) is 22.0. The highest BCUT2D eigenvalue weighted by Crippen LogP contribution is 2.62. The minimum atomic E-state index is -0.262. The molecule has 3 rings (SSSR count). The van der Waals surface area contributed by atoms with Gasteiger partial charge in [-0.3, -0.25) is 9.78 Å². The Morgan fingerprint density at radius 3 is 2.52 bits per heavy atom. The fourth-order valence-electron chi connectivity index (χ4n) is 4.17. The van der Waals surface area contributed by atoms with E-state index in [9.17, 15) is 4.79 Å². The largest absolute Gasteiger partial charge is 0.469 e. The van der Waals surface area contributed by atoms with E-state index in [0.29, 0.717) is 0 Å². The van der Waals surface area contributed by atoms with E-state index in [1.165, 1.54) is 7.11 Å². The number of carbonyl (C=O) groups is 1. The minimum Gasteiger partial charge on any atom is -0.469 e. The highest BCUT2D eigenvalue weighted by Gasteiger charge is 2.59. The van der Waals surface area contributed by atoms with Gasteiger partial charge in [-0.05, 0) is 45.1 Å². The van der Waals surface area contributed by atoms with Gasteiger partial charge < -0.3 is 4.74 Å². The summed E-state index contributed by atoms with van der Waals surface area (Å²) in [6.45, 7) is 2.00. The van der Waals surface area contributed by atoms with Gasteiger partial charge in [0.05, 0.1) is 19.6 Å². The van der Waals surface area contributed by atoms with Crippen molar-refractivity contribution >= 4 is 11.7 Å². The number of pyridine rings is 1. The van der Waals surface area contributed by atoms with Crippen LogP contribution in [0.1, 0.15) is 43.5 Å². The first-order chi connectivity index (χ1) is 10.1. The van der Waals surface area contributed by atoms with Crippen LogP contribution in [0.4, 0.5) is 5.69 Å². The van der Waals surface area contributed by atoms with Crippen LogP contribution in [0.3, 0.4) is 0 Å². The van der Waals surface area contributed by atoms with Gasteiger partial charge in [0.15, 0.2) is 5.69 Å². The van der Waals surface area contributed by atoms with Gasteiger partial charge >= 0.3 is 5.97 Å². The number of aromatic nitrogens is 1. The van der Waals surface area contributed by atoms with Crippen molar-refractivity contribution in [2.75, 3.05) is 14.2 Å². The standard InChI is InChI=1S/C16H22N2O3/c1-11-12(18-21-3)4-5-13(17-11)15-6-8-16(10-15,9-7-15)14(19)20-2/h4-5,18H,6-10H2,1-3H3/p+1. The van der Waals surface area contributed by atoms with Gasteiger partial charge in [-0.15, -0.1) is 0 Å². The molecule has 0 amide bonds. The molecule has 0 unspecified atom stereocenters. The van der Waals surface area contributed by atoms with Crippen molar-refractivity contribution in [3.8, 4) is 0 Å². The Balaban J connectivity index is 1.89. The zero-order valence-electron chi connectivity index (χ0n) is 12.9. The summed E-state index contributed by atoms with van der Waals surface area (Å²) >= 11 is 0. The van der Waals surface area contributed by atoms with Crippen molar-refractivity contribution in [2.45, 2.75) is 44.4 Å². The molecule has 1 aromatic heterocycles. The first kappa shape index (κ1) is 14.5. The SMILES string of the molecule is CO[NH2+]c1ccc(C23CCC(C(=O)OC)(CC2)C3)nc1C. The van der Waals surface area contributed by atoms with Crippen LogP contribution in [0.5, 0.6) is 0 Å². The maximum atomic E-state index is 12.1. The number of hydrogen-bond acceptors (Lipinski definition) is 4. The van der Waals surface area contributed by atoms with Gasteiger partial charge in [-0.2, -0.15) is 5.48 Å². The molecule has 2 aliphatic carbocycles. The normalized spacial score (nSPS) is 30.6. The maximum Gasteiger partial charge on any atom is 0.311 e. The van der Waals surface area contributed by atoms with Crippen molar-refractivity contribution < 1.29 is 19.8 Å². The first-order valence-corrected chi connectivity index (χ1v) is 7.48. The number of ether oxygens (including phenoxy) is 1. The number of aryl methyl sites for hydroxylation is 1. The van der Waals surface area contributed by atoms with Gasteiger partial charge in [-0.25, -0.2) is 4.84 Å². The van der Waals surface area contributed by atoms with Crippen LogP contribution in [-0.4, -0.2) is 25.2 Å². The monoisotopic (exact) mass is 291 g/mol. The molecule has 0 aromatic carbocycles. The summed E-state index contributed by atoms with van der Waals surface area (Å²) in [5.74, 6) is -0.0390. The van der Waals surface area contributed by atoms with Crippen LogP contribution in [0.2, 0.25) is 0 Å². The van der Waals surface area contributed by atoms with E-state index in [1.54, 1.807) is 12.6 Å². The quantitative estimate of drug-likeness (QED) is 0.675. The first-order valence-electron chi connectivity index (χ1n) is 7.48. The van der Waals surface area contributed by atoms with Gasteiger partial charge in [0, 0.05) is 17.2 Å². The van der Waals surface area contributed by atoms with E-state index in [4.69, 9.17) is 14.6 Å². The maximum absolute atomic E-state index is 12.1. The van der Waals surface area contributed by atoms with Gasteiger partial charge in [0.1, 0.15) is 5.69 Å². The molecule has 114 valence electrons. The number of rotatable bonds is 4. The number of carbonyl (C=O) groups excluding carboxylic acids is 1. The number of methoxy groups -OCH3 is 1. The Labute approximate surface area is 125 Å². The third-order valence-electron chi connectivity index (χ3n) is 5.37. The molecule has 2 aliphatic rings. The Hall–Kier alpha value is -1.46. The second-order valence-electron chi connectivity index (χ2n) is 6.45. The molecule has 0 radical (unpaired) electrons. The molecular weight excluding hydrogens is 268 g/mol. The second-order valence-corrected chi connectivity index (χ2v) is 6.45. The minimum absolute atomic E-state index is 0.0390. The summed E-state index contributed by atoms with van der Waals surface area (Å²) in [5, 5.41) is 0. The lowest BCUT2D eigenvalue weighted by molar-refractivity contribution is -0.830. The predicted molar refractivity (Wildman–Crippen MR) is 76.8 cm³/mol. The third-order valence-corrected chi connectivity index (χ3v) is 5.37. The highest BCUT2D eigenvalue weighted by atomic mass is 16.6. The molecule has 21 heavy (non-hydrogen) atoms. The van der Waals surface area contributed by atoms with Crippen LogP contribution >= 0.6 is 0 Å². The Kier molecular flexibility index (Phi) is 3.50. The number of fused-ring (bicyclic) bond motifs is 2. The topological polar surface area (TPSA) is 65.0 Å². The van der Waals surface area contributed by atoms with E-state index in [-0.39, 0.29) is 16.8 Å². The molecule has 2 N–H and O–H groups in total. The Bertz CT molecular complexity index is 563. The van der Waals surface area contributed by atoms with Crippen LogP contribution in [0.15, 0.2) is 12.1 Å². The molecule has 2 bridgehead atoms. The van der Waals surface area contributed by atoms with E-state index in [2.05, 4.69) is 12.1 Å². The lowest BCUT2D eigenvalue weighted by atomic mass is 9.80. The fraction of sp³-hybridized carbons (Fsp3) is 0.625. The zero-order valence-corrected chi connectivity index (χ0v) is 12.9. The van der Waals surface area contributed by atoms with E-state index < -0.39 is 0 Å². The van der Waals surface area contributed by atoms with Crippen molar-refractivity contribution in [1.82, 2.24) is 4.98 Å². The lowest BCUT2D eigenvalue weighted by Gasteiger charge is -2.26. The van der Waals surface area contributed by atoms with Gasteiger partial charge in [0.25, 0.3) is 0 Å². The number of nitrogens with two attached hydrogens (primary N) is 1. The molecule has 0 aliphatic heterocycles. The number of nitrogens with zero attached hydrogens (tertiary/aromatic N) is 1. The summed E-state index contributed by atoms with van der Waals surface area (Å²) < 4.78 is 5.03. The molecule has 5 heteroatoms. The average molecular weight is 291 g/mol. The predicted octanol–water partition coefficient (Wildman–Crippen LogP) is 1.52. The number of quaternary nitrogens is 1. The van der Waals surface area contributed by atoms with E-state index >= 15 is 0 Å². The zero-order chi connectivity index (χ0) is 15.1. The van der Waals surface area contributed by atoms with Gasteiger partial charge in [0.2, 0.25) is 0 Å². The molecule has 1 aromatic rings. The highest BCUT2D eigenvalue weighted by molar-refractivity contribution is 5.78. The summed E-state index contributed by atoms with van der Waals surface area (Å²) in [5.41, 5.74) is 4.62. The Morgan fingerprint density at radius 1 is 1.24 bits per heavy atom. The van der Waals surface area contributed by atoms with Crippen LogP contribution in [0.25, 0.3) is 0 Å².